The third-order valence-electron chi connectivity index (χ3n) is 11.0. The Hall–Kier alpha value is -7.60. The van der Waals surface area contributed by atoms with Gasteiger partial charge in [-0.1, -0.05) is 30.2 Å². The van der Waals surface area contributed by atoms with Gasteiger partial charge in [0.2, 0.25) is 11.8 Å². The zero-order valence-corrected chi connectivity index (χ0v) is 34.6. The van der Waals surface area contributed by atoms with Crippen LogP contribution >= 0.6 is 0 Å². The van der Waals surface area contributed by atoms with Crippen molar-refractivity contribution in [2.75, 3.05) is 15.8 Å². The first-order chi connectivity index (χ1) is 30.5. The normalized spacial score (nSPS) is 19.0. The molecule has 2 atom stereocenters. The van der Waals surface area contributed by atoms with E-state index < -0.39 is 63.3 Å². The number of hydrogen-bond donors (Lipinski definition) is 4. The SMILES string of the molecule is C[C@H](Oc1cc(-c2nn(C)c3c(C#CC(=O)N=CC4CC(Nc5cccc6c5C(=O)N(C5CCC(=O)NC5=O)C6=O)C4)cnc(N)c23)ccc1NS(=O)(=O)C(F)F)c1ccc(F)cc1. The van der Waals surface area contributed by atoms with E-state index in [0.29, 0.717) is 40.6 Å². The van der Waals surface area contributed by atoms with Crippen molar-refractivity contribution in [2.24, 2.45) is 18.0 Å². The van der Waals surface area contributed by atoms with Crippen molar-refractivity contribution in [3.8, 4) is 28.8 Å². The molecule has 0 spiro atoms. The van der Waals surface area contributed by atoms with Crippen molar-refractivity contribution in [3.63, 3.8) is 0 Å². The molecule has 5 amide bonds. The molecular weight excluding hydrogens is 860 g/mol. The number of fused-ring (bicyclic) bond motifs is 2. The second kappa shape index (κ2) is 16.9. The van der Waals surface area contributed by atoms with Crippen LogP contribution in [0.2, 0.25) is 0 Å². The van der Waals surface area contributed by atoms with Crippen molar-refractivity contribution in [1.29, 1.82) is 0 Å². The Morgan fingerprint density at radius 1 is 1.06 bits per heavy atom. The van der Waals surface area contributed by atoms with E-state index in [4.69, 9.17) is 10.5 Å². The number of benzene rings is 3. The molecule has 328 valence electrons. The number of piperidine rings is 1. The van der Waals surface area contributed by atoms with E-state index in [1.54, 1.807) is 26.1 Å². The number of halogens is 3. The van der Waals surface area contributed by atoms with Gasteiger partial charge in [-0.15, -0.1) is 0 Å². The number of ether oxygens (including phenoxy) is 1. The van der Waals surface area contributed by atoms with Crippen molar-refractivity contribution >= 4 is 73.9 Å². The lowest BCUT2D eigenvalue weighted by Gasteiger charge is -2.34. The number of anilines is 3. The number of rotatable bonds is 11. The number of aromatic nitrogens is 3. The molecular formula is C43H36F3N9O8S. The molecule has 0 radical (unpaired) electrons. The summed E-state index contributed by atoms with van der Waals surface area (Å²) in [6.07, 6.45) is 3.20. The summed E-state index contributed by atoms with van der Waals surface area (Å²) in [7, 11) is -3.50. The van der Waals surface area contributed by atoms with E-state index in [0.717, 1.165) is 4.90 Å². The van der Waals surface area contributed by atoms with Crippen LogP contribution in [0.4, 0.5) is 30.4 Å². The summed E-state index contributed by atoms with van der Waals surface area (Å²) in [5.41, 5.74) is 8.49. The van der Waals surface area contributed by atoms with Gasteiger partial charge in [0.05, 0.1) is 33.3 Å². The molecule has 1 unspecified atom stereocenters. The lowest BCUT2D eigenvalue weighted by molar-refractivity contribution is -0.136. The van der Waals surface area contributed by atoms with Gasteiger partial charge in [-0.05, 0) is 74.1 Å². The van der Waals surface area contributed by atoms with E-state index in [1.165, 1.54) is 65.6 Å². The molecule has 8 rings (SSSR count). The van der Waals surface area contributed by atoms with Gasteiger partial charge in [-0.3, -0.25) is 43.6 Å². The summed E-state index contributed by atoms with van der Waals surface area (Å²) in [5, 5.41) is 10.4. The van der Waals surface area contributed by atoms with Gasteiger partial charge in [-0.25, -0.2) is 22.8 Å². The number of sulfonamides is 1. The number of nitrogens with one attached hydrogen (secondary N) is 3. The quantitative estimate of drug-likeness (QED) is 0.0802. The molecule has 2 fully saturated rings. The number of carbonyl (C=O) groups excluding carboxylic acids is 5. The number of nitrogen functional groups attached to an aromatic ring is 1. The number of aryl methyl sites for hydroxylation is 1. The van der Waals surface area contributed by atoms with Crippen molar-refractivity contribution in [2.45, 2.75) is 56.6 Å². The molecule has 64 heavy (non-hydrogen) atoms. The van der Waals surface area contributed by atoms with Crippen LogP contribution in [-0.4, -0.2) is 81.7 Å². The summed E-state index contributed by atoms with van der Waals surface area (Å²) in [4.78, 5) is 72.8. The number of imide groups is 2. The lowest BCUT2D eigenvalue weighted by atomic mass is 9.81. The average Bonchev–Trinajstić information content (AvgIpc) is 3.72. The molecule has 1 saturated carbocycles. The minimum absolute atomic E-state index is 0.00683. The molecule has 3 aliphatic rings. The van der Waals surface area contributed by atoms with Gasteiger partial charge < -0.3 is 15.8 Å². The maximum atomic E-state index is 13.6. The maximum absolute atomic E-state index is 13.6. The first kappa shape index (κ1) is 43.1. The molecule has 4 heterocycles. The number of nitrogens with two attached hydrogens (primary N) is 1. The standard InChI is InChI=1S/C43H36F3N9O8S/c1-21(23-6-10-26(44)11-7-23)63-32-18-24(8-12-29(32)53-64(61,62)43(45)46)37-36-38(54(2)52-37)25(20-49-39(36)47)9-14-33(56)48-19-22-16-27(17-22)50-30-5-3-4-28-35(30)42(60)55(41(28)59)31-13-15-34(57)51-40(31)58/h3-8,10-12,18-22,27,31,43,50,53H,13,15-17H2,1-2H3,(H2,47,49)(H,51,57,58)/t21-,22?,27?,31?/m0/s1. The summed E-state index contributed by atoms with van der Waals surface area (Å²) in [6, 6.07) is 13.0. The van der Waals surface area contributed by atoms with E-state index in [2.05, 4.69) is 37.5 Å². The number of alkyl halides is 2. The third-order valence-corrected chi connectivity index (χ3v) is 12.0. The average molecular weight is 896 g/mol. The predicted molar refractivity (Wildman–Crippen MR) is 226 cm³/mol. The second-order valence-corrected chi connectivity index (χ2v) is 16.9. The molecule has 1 aliphatic carbocycles. The fourth-order valence-corrected chi connectivity index (χ4v) is 8.32. The molecule has 17 nitrogen and oxygen atoms in total. The minimum atomic E-state index is -5.10. The highest BCUT2D eigenvalue weighted by Gasteiger charge is 2.46. The Labute approximate surface area is 362 Å². The van der Waals surface area contributed by atoms with Crippen LogP contribution in [0, 0.1) is 23.6 Å². The number of aliphatic imine (C=N–C) groups is 1. The summed E-state index contributed by atoms with van der Waals surface area (Å²) in [5.74, 6) is -2.32. The Morgan fingerprint density at radius 2 is 1.81 bits per heavy atom. The van der Waals surface area contributed by atoms with E-state index in [-0.39, 0.29) is 64.4 Å². The van der Waals surface area contributed by atoms with Crippen molar-refractivity contribution < 1.29 is 50.3 Å². The monoisotopic (exact) mass is 895 g/mol. The number of amides is 5. The molecule has 0 bridgehead atoms. The highest BCUT2D eigenvalue weighted by atomic mass is 32.2. The van der Waals surface area contributed by atoms with Crippen LogP contribution in [0.3, 0.4) is 0 Å². The van der Waals surface area contributed by atoms with E-state index in [1.807, 2.05) is 4.72 Å². The summed E-state index contributed by atoms with van der Waals surface area (Å²) >= 11 is 0. The zero-order chi connectivity index (χ0) is 45.6. The number of pyridine rings is 1. The molecule has 2 aromatic heterocycles. The van der Waals surface area contributed by atoms with E-state index in [9.17, 15) is 45.6 Å². The predicted octanol–water partition coefficient (Wildman–Crippen LogP) is 4.70. The molecule has 2 aliphatic heterocycles. The fraction of sp³-hybridized carbons (Fsp3) is 0.256. The van der Waals surface area contributed by atoms with Gasteiger partial charge in [0.1, 0.15) is 35.2 Å². The smallest absolute Gasteiger partial charge is 0.355 e. The summed E-state index contributed by atoms with van der Waals surface area (Å²) < 4.78 is 74.0. The topological polar surface area (TPSA) is 237 Å². The maximum Gasteiger partial charge on any atom is 0.355 e. The molecule has 1 saturated heterocycles. The first-order valence-electron chi connectivity index (χ1n) is 19.7. The zero-order valence-electron chi connectivity index (χ0n) is 33.8. The van der Waals surface area contributed by atoms with Gasteiger partial charge in [-0.2, -0.15) is 13.9 Å². The van der Waals surface area contributed by atoms with Gasteiger partial charge in [0, 0.05) is 49.1 Å². The van der Waals surface area contributed by atoms with Gasteiger partial charge in [0.25, 0.3) is 21.8 Å². The highest BCUT2D eigenvalue weighted by molar-refractivity contribution is 7.93. The Bertz CT molecular complexity index is 3000. The van der Waals surface area contributed by atoms with Crippen LogP contribution in [0.15, 0.2) is 71.9 Å². The van der Waals surface area contributed by atoms with Crippen molar-refractivity contribution in [3.05, 3.63) is 94.9 Å². The van der Waals surface area contributed by atoms with Crippen molar-refractivity contribution in [1.82, 2.24) is 25.0 Å². The molecule has 5 N–H and O–H groups in total. The Balaban J connectivity index is 0.963. The van der Waals surface area contributed by atoms with Gasteiger partial charge >= 0.3 is 11.7 Å². The fourth-order valence-electron chi connectivity index (χ4n) is 7.75. The van der Waals surface area contributed by atoms with Crippen LogP contribution in [-0.2, 0) is 31.5 Å². The number of carbonyl (C=O) groups is 5. The molecule has 3 aromatic carbocycles. The second-order valence-electron chi connectivity index (χ2n) is 15.3. The van der Waals surface area contributed by atoms with Gasteiger partial charge in [0.15, 0.2) is 0 Å². The molecule has 5 aromatic rings. The third kappa shape index (κ3) is 8.34. The Kier molecular flexibility index (Phi) is 11.4. The van der Waals surface area contributed by atoms with Crippen LogP contribution in [0.25, 0.3) is 22.2 Å². The Morgan fingerprint density at radius 3 is 2.53 bits per heavy atom. The first-order valence-corrected chi connectivity index (χ1v) is 21.2. The number of nitrogens with zero attached hydrogens (tertiary/aromatic N) is 5. The highest BCUT2D eigenvalue weighted by Crippen LogP contribution is 2.39. The molecule has 21 heteroatoms. The number of hydrogen-bond acceptors (Lipinski definition) is 12. The van der Waals surface area contributed by atoms with Crippen LogP contribution < -0.4 is 25.8 Å². The van der Waals surface area contributed by atoms with Crippen LogP contribution in [0.5, 0.6) is 5.75 Å². The van der Waals surface area contributed by atoms with E-state index >= 15 is 0 Å². The minimum Gasteiger partial charge on any atom is -0.484 e. The van der Waals surface area contributed by atoms with Crippen LogP contribution in [0.1, 0.15) is 70.6 Å². The summed E-state index contributed by atoms with van der Waals surface area (Å²) in [6.45, 7) is 1.60. The lowest BCUT2D eigenvalue weighted by Crippen LogP contribution is -2.54. The largest absolute Gasteiger partial charge is 0.484 e.